The predicted molar refractivity (Wildman–Crippen MR) is 103 cm³/mol. The van der Waals surface area contributed by atoms with Crippen LogP contribution in [0.2, 0.25) is 0 Å². The number of rotatable bonds is 6. The fourth-order valence-corrected chi connectivity index (χ4v) is 4.36. The SMILES string of the molecule is O=C(NCCS(=O)(=O)N1CCN(c2ccccc2)CC1)c1ccc(F)c(F)c1. The molecule has 0 atom stereocenters. The van der Waals surface area contributed by atoms with Crippen LogP contribution in [0.4, 0.5) is 14.5 Å². The summed E-state index contributed by atoms with van der Waals surface area (Å²) in [6.07, 6.45) is 0. The molecule has 3 rings (SSSR count). The van der Waals surface area contributed by atoms with Crippen molar-refractivity contribution in [3.05, 3.63) is 65.7 Å². The summed E-state index contributed by atoms with van der Waals surface area (Å²) in [5.74, 6) is -3.08. The second kappa shape index (κ2) is 8.66. The van der Waals surface area contributed by atoms with E-state index in [-0.39, 0.29) is 17.9 Å². The van der Waals surface area contributed by atoms with Crippen LogP contribution in [-0.2, 0) is 10.0 Å². The van der Waals surface area contributed by atoms with E-state index in [9.17, 15) is 22.0 Å². The number of nitrogens with one attached hydrogen (secondary N) is 1. The van der Waals surface area contributed by atoms with Crippen molar-refractivity contribution < 1.29 is 22.0 Å². The molecular weight excluding hydrogens is 388 g/mol. The third-order valence-electron chi connectivity index (χ3n) is 4.58. The molecule has 1 aliphatic rings. The molecule has 0 saturated carbocycles. The highest BCUT2D eigenvalue weighted by Crippen LogP contribution is 2.17. The van der Waals surface area contributed by atoms with E-state index in [1.807, 2.05) is 30.3 Å². The molecule has 0 unspecified atom stereocenters. The van der Waals surface area contributed by atoms with Gasteiger partial charge in [0.2, 0.25) is 10.0 Å². The number of nitrogens with zero attached hydrogens (tertiary/aromatic N) is 2. The van der Waals surface area contributed by atoms with E-state index in [2.05, 4.69) is 10.2 Å². The number of hydrogen-bond donors (Lipinski definition) is 1. The number of piperazine rings is 1. The van der Waals surface area contributed by atoms with E-state index in [0.717, 1.165) is 23.9 Å². The molecule has 0 radical (unpaired) electrons. The number of halogens is 2. The van der Waals surface area contributed by atoms with Crippen LogP contribution in [0, 0.1) is 11.6 Å². The summed E-state index contributed by atoms with van der Waals surface area (Å²) >= 11 is 0. The minimum absolute atomic E-state index is 0.0622. The molecule has 28 heavy (non-hydrogen) atoms. The summed E-state index contributed by atoms with van der Waals surface area (Å²) in [7, 11) is -3.52. The fraction of sp³-hybridized carbons (Fsp3) is 0.316. The van der Waals surface area contributed by atoms with E-state index >= 15 is 0 Å². The molecule has 9 heteroatoms. The number of anilines is 1. The van der Waals surface area contributed by atoms with Crippen molar-refractivity contribution in [2.45, 2.75) is 0 Å². The van der Waals surface area contributed by atoms with Crippen LogP contribution in [0.1, 0.15) is 10.4 Å². The maximum atomic E-state index is 13.2. The second-order valence-electron chi connectivity index (χ2n) is 6.42. The molecule has 1 fully saturated rings. The van der Waals surface area contributed by atoms with Crippen molar-refractivity contribution >= 4 is 21.6 Å². The van der Waals surface area contributed by atoms with E-state index in [1.165, 1.54) is 4.31 Å². The molecule has 6 nitrogen and oxygen atoms in total. The van der Waals surface area contributed by atoms with E-state index in [1.54, 1.807) is 0 Å². The van der Waals surface area contributed by atoms with Gasteiger partial charge in [-0.05, 0) is 30.3 Å². The molecule has 2 aromatic carbocycles. The highest BCUT2D eigenvalue weighted by molar-refractivity contribution is 7.89. The van der Waals surface area contributed by atoms with Crippen molar-refractivity contribution in [1.29, 1.82) is 0 Å². The van der Waals surface area contributed by atoms with Crippen LogP contribution < -0.4 is 10.2 Å². The zero-order valence-corrected chi connectivity index (χ0v) is 16.0. The third-order valence-corrected chi connectivity index (χ3v) is 6.45. The van der Waals surface area contributed by atoms with Gasteiger partial charge in [0, 0.05) is 44.0 Å². The van der Waals surface area contributed by atoms with Crippen molar-refractivity contribution in [3.63, 3.8) is 0 Å². The normalized spacial score (nSPS) is 15.4. The first-order chi connectivity index (χ1) is 13.4. The summed E-state index contributed by atoms with van der Waals surface area (Å²) < 4.78 is 52.5. The summed E-state index contributed by atoms with van der Waals surface area (Å²) in [5, 5.41) is 2.43. The number of carbonyl (C=O) groups is 1. The summed E-state index contributed by atoms with van der Waals surface area (Å²) in [5.41, 5.74) is 0.992. The average molecular weight is 409 g/mol. The minimum atomic E-state index is -3.52. The molecule has 150 valence electrons. The molecule has 2 aromatic rings. The number of para-hydroxylation sites is 1. The topological polar surface area (TPSA) is 69.7 Å². The Morgan fingerprint density at radius 2 is 1.64 bits per heavy atom. The summed E-state index contributed by atoms with van der Waals surface area (Å²) in [4.78, 5) is 14.1. The van der Waals surface area contributed by atoms with Crippen molar-refractivity contribution in [2.24, 2.45) is 0 Å². The largest absolute Gasteiger partial charge is 0.369 e. The van der Waals surface area contributed by atoms with Crippen molar-refractivity contribution in [1.82, 2.24) is 9.62 Å². The number of sulfonamides is 1. The average Bonchev–Trinajstić information content (AvgIpc) is 2.70. The summed E-state index contributed by atoms with van der Waals surface area (Å²) in [6.45, 7) is 1.80. The predicted octanol–water partition coefficient (Wildman–Crippen LogP) is 1.85. The molecule has 1 heterocycles. The first-order valence-electron chi connectivity index (χ1n) is 8.88. The highest BCUT2D eigenvalue weighted by atomic mass is 32.2. The Kier molecular flexibility index (Phi) is 6.25. The molecule has 1 N–H and O–H groups in total. The van der Waals surface area contributed by atoms with Crippen LogP contribution in [0.5, 0.6) is 0 Å². The van der Waals surface area contributed by atoms with Gasteiger partial charge in [0.1, 0.15) is 0 Å². The molecule has 0 aliphatic carbocycles. The van der Waals surface area contributed by atoms with Crippen LogP contribution >= 0.6 is 0 Å². The van der Waals surface area contributed by atoms with Gasteiger partial charge in [-0.15, -0.1) is 0 Å². The lowest BCUT2D eigenvalue weighted by molar-refractivity contribution is 0.0955. The minimum Gasteiger partial charge on any atom is -0.369 e. The van der Waals surface area contributed by atoms with Gasteiger partial charge in [-0.3, -0.25) is 4.79 Å². The van der Waals surface area contributed by atoms with Gasteiger partial charge in [0.05, 0.1) is 5.75 Å². The van der Waals surface area contributed by atoms with Crippen molar-refractivity contribution in [2.75, 3.05) is 43.4 Å². The number of hydrogen-bond acceptors (Lipinski definition) is 4. The Morgan fingerprint density at radius 3 is 2.29 bits per heavy atom. The van der Waals surface area contributed by atoms with Gasteiger partial charge in [-0.25, -0.2) is 17.2 Å². The zero-order valence-electron chi connectivity index (χ0n) is 15.1. The van der Waals surface area contributed by atoms with E-state index in [4.69, 9.17) is 0 Å². The number of amides is 1. The lowest BCUT2D eigenvalue weighted by Gasteiger charge is -2.35. The smallest absolute Gasteiger partial charge is 0.251 e. The Bertz CT molecular complexity index is 931. The Balaban J connectivity index is 1.49. The number of carbonyl (C=O) groups excluding carboxylic acids is 1. The van der Waals surface area contributed by atoms with E-state index < -0.39 is 27.6 Å². The summed E-state index contributed by atoms with van der Waals surface area (Å²) in [6, 6.07) is 12.6. The lowest BCUT2D eigenvalue weighted by atomic mass is 10.2. The molecule has 1 saturated heterocycles. The lowest BCUT2D eigenvalue weighted by Crippen LogP contribution is -2.50. The maximum Gasteiger partial charge on any atom is 0.251 e. The van der Waals surface area contributed by atoms with Crippen molar-refractivity contribution in [3.8, 4) is 0 Å². The molecule has 0 spiro atoms. The van der Waals surface area contributed by atoms with Gasteiger partial charge in [0.25, 0.3) is 5.91 Å². The first kappa shape index (κ1) is 20.2. The maximum absolute atomic E-state index is 13.2. The molecule has 1 aliphatic heterocycles. The molecule has 0 bridgehead atoms. The monoisotopic (exact) mass is 409 g/mol. The Hall–Kier alpha value is -2.52. The molecule has 1 amide bonds. The van der Waals surface area contributed by atoms with Gasteiger partial charge >= 0.3 is 0 Å². The standard InChI is InChI=1S/C19H21F2N3O3S/c20-17-7-6-15(14-18(17)21)19(25)22-8-13-28(26,27)24-11-9-23(10-12-24)16-4-2-1-3-5-16/h1-7,14H,8-13H2,(H,22,25). The molecular formula is C19H21F2N3O3S. The van der Waals surface area contributed by atoms with E-state index in [0.29, 0.717) is 26.2 Å². The van der Waals surface area contributed by atoms with Crippen LogP contribution in [0.25, 0.3) is 0 Å². The number of benzene rings is 2. The highest BCUT2D eigenvalue weighted by Gasteiger charge is 2.26. The van der Waals surface area contributed by atoms with Crippen LogP contribution in [0.3, 0.4) is 0 Å². The van der Waals surface area contributed by atoms with Gasteiger partial charge in [-0.1, -0.05) is 18.2 Å². The second-order valence-corrected chi connectivity index (χ2v) is 8.51. The van der Waals surface area contributed by atoms with Gasteiger partial charge in [-0.2, -0.15) is 4.31 Å². The quantitative estimate of drug-likeness (QED) is 0.791. The fourth-order valence-electron chi connectivity index (χ4n) is 3.03. The Morgan fingerprint density at radius 1 is 0.964 bits per heavy atom. The first-order valence-corrected chi connectivity index (χ1v) is 10.5. The van der Waals surface area contributed by atoms with Gasteiger partial charge < -0.3 is 10.2 Å². The Labute approximate surface area is 162 Å². The van der Waals surface area contributed by atoms with Gasteiger partial charge in [0.15, 0.2) is 11.6 Å². The third kappa shape index (κ3) is 4.85. The zero-order chi connectivity index (χ0) is 20.1. The van der Waals surface area contributed by atoms with Crippen LogP contribution in [-0.4, -0.2) is 57.1 Å². The molecule has 0 aromatic heterocycles. The van der Waals surface area contributed by atoms with Crippen LogP contribution in [0.15, 0.2) is 48.5 Å².